The Kier molecular flexibility index (Phi) is 3.96. The van der Waals surface area contributed by atoms with E-state index in [2.05, 4.69) is 89.2 Å². The standard InChI is InChI=1S/C23H28/c1-17-6-10-20(11-7-17)23(21-12-8-18(2)9-13-21)15-19(3)14-22(4,5)16-23/h6-13,15H,14,16H2,1-5H3. The fourth-order valence-corrected chi connectivity index (χ4v) is 4.33. The predicted molar refractivity (Wildman–Crippen MR) is 99.9 cm³/mol. The first-order valence-corrected chi connectivity index (χ1v) is 8.63. The minimum absolute atomic E-state index is 0.00671. The summed E-state index contributed by atoms with van der Waals surface area (Å²) in [5.41, 5.74) is 7.29. The largest absolute Gasteiger partial charge is 0.0756 e. The number of benzene rings is 2. The van der Waals surface area contributed by atoms with Crippen molar-refractivity contribution in [2.24, 2.45) is 5.41 Å². The highest BCUT2D eigenvalue weighted by Crippen LogP contribution is 2.50. The summed E-state index contributed by atoms with van der Waals surface area (Å²) in [5, 5.41) is 0. The molecule has 0 fully saturated rings. The molecule has 0 spiro atoms. The summed E-state index contributed by atoms with van der Waals surface area (Å²) in [5.74, 6) is 0. The van der Waals surface area contributed by atoms with Gasteiger partial charge in [-0.05, 0) is 50.2 Å². The van der Waals surface area contributed by atoms with Crippen molar-refractivity contribution in [1.29, 1.82) is 0 Å². The number of allylic oxidation sites excluding steroid dienone is 2. The first kappa shape index (κ1) is 16.1. The molecule has 0 unspecified atom stereocenters. The first-order chi connectivity index (χ1) is 10.8. The summed E-state index contributed by atoms with van der Waals surface area (Å²) in [6.45, 7) is 11.4. The average molecular weight is 304 g/mol. The molecule has 3 rings (SSSR count). The van der Waals surface area contributed by atoms with Crippen LogP contribution in [0.1, 0.15) is 55.9 Å². The molecule has 1 aliphatic rings. The smallest absolute Gasteiger partial charge is 0.0389 e. The predicted octanol–water partition coefficient (Wildman–Crippen LogP) is 6.36. The zero-order chi connectivity index (χ0) is 16.7. The maximum Gasteiger partial charge on any atom is 0.0389 e. The Morgan fingerprint density at radius 1 is 0.696 bits per heavy atom. The van der Waals surface area contributed by atoms with Crippen LogP contribution in [0, 0.1) is 19.3 Å². The van der Waals surface area contributed by atoms with Gasteiger partial charge in [-0.2, -0.15) is 0 Å². The van der Waals surface area contributed by atoms with Crippen molar-refractivity contribution in [2.45, 2.75) is 52.9 Å². The van der Waals surface area contributed by atoms with Gasteiger partial charge in [0.2, 0.25) is 0 Å². The Hall–Kier alpha value is -1.82. The zero-order valence-electron chi connectivity index (χ0n) is 15.1. The molecular weight excluding hydrogens is 276 g/mol. The fourth-order valence-electron chi connectivity index (χ4n) is 4.33. The molecule has 0 nitrogen and oxygen atoms in total. The number of hydrogen-bond donors (Lipinski definition) is 0. The second kappa shape index (κ2) is 5.67. The van der Waals surface area contributed by atoms with Crippen LogP contribution in [0.5, 0.6) is 0 Å². The molecule has 0 saturated carbocycles. The molecule has 0 heteroatoms. The molecule has 0 radical (unpaired) electrons. The van der Waals surface area contributed by atoms with Crippen molar-refractivity contribution < 1.29 is 0 Å². The van der Waals surface area contributed by atoms with E-state index in [0.717, 1.165) is 6.42 Å². The van der Waals surface area contributed by atoms with Gasteiger partial charge in [-0.3, -0.25) is 0 Å². The molecule has 0 aromatic heterocycles. The highest BCUT2D eigenvalue weighted by molar-refractivity contribution is 5.48. The van der Waals surface area contributed by atoms with Crippen LogP contribution in [0.25, 0.3) is 0 Å². The van der Waals surface area contributed by atoms with Crippen molar-refractivity contribution in [3.05, 3.63) is 82.4 Å². The Morgan fingerprint density at radius 3 is 1.52 bits per heavy atom. The molecule has 0 amide bonds. The van der Waals surface area contributed by atoms with E-state index in [4.69, 9.17) is 0 Å². The van der Waals surface area contributed by atoms with Crippen LogP contribution in [0.4, 0.5) is 0 Å². The minimum atomic E-state index is -0.00671. The van der Waals surface area contributed by atoms with E-state index in [1.54, 1.807) is 0 Å². The molecule has 0 bridgehead atoms. The molecule has 0 N–H and O–H groups in total. The second-order valence-corrected chi connectivity index (χ2v) is 8.21. The van der Waals surface area contributed by atoms with Gasteiger partial charge in [-0.25, -0.2) is 0 Å². The van der Waals surface area contributed by atoms with Crippen molar-refractivity contribution in [3.63, 3.8) is 0 Å². The van der Waals surface area contributed by atoms with E-state index < -0.39 is 0 Å². The average Bonchev–Trinajstić information content (AvgIpc) is 2.46. The molecule has 0 saturated heterocycles. The van der Waals surface area contributed by atoms with E-state index in [1.807, 2.05) is 0 Å². The summed E-state index contributed by atoms with van der Waals surface area (Å²) in [6, 6.07) is 18.3. The van der Waals surface area contributed by atoms with Gasteiger partial charge in [0.05, 0.1) is 0 Å². The van der Waals surface area contributed by atoms with Crippen LogP contribution in [-0.2, 0) is 5.41 Å². The zero-order valence-corrected chi connectivity index (χ0v) is 15.1. The van der Waals surface area contributed by atoms with E-state index in [9.17, 15) is 0 Å². The van der Waals surface area contributed by atoms with Crippen LogP contribution in [0.2, 0.25) is 0 Å². The molecule has 2 aromatic rings. The Morgan fingerprint density at radius 2 is 1.13 bits per heavy atom. The van der Waals surface area contributed by atoms with Crippen molar-refractivity contribution in [3.8, 4) is 0 Å². The lowest BCUT2D eigenvalue weighted by molar-refractivity contribution is 0.264. The summed E-state index contributed by atoms with van der Waals surface area (Å²) >= 11 is 0. The van der Waals surface area contributed by atoms with Gasteiger partial charge in [0.1, 0.15) is 0 Å². The molecular formula is C23H28. The number of rotatable bonds is 2. The third kappa shape index (κ3) is 3.13. The van der Waals surface area contributed by atoms with Crippen LogP contribution in [0.3, 0.4) is 0 Å². The molecule has 1 aliphatic carbocycles. The van der Waals surface area contributed by atoms with Gasteiger partial charge >= 0.3 is 0 Å². The minimum Gasteiger partial charge on any atom is -0.0756 e. The second-order valence-electron chi connectivity index (χ2n) is 8.21. The maximum atomic E-state index is 2.52. The van der Waals surface area contributed by atoms with Crippen molar-refractivity contribution in [1.82, 2.24) is 0 Å². The molecule has 0 heterocycles. The normalized spacial score (nSPS) is 19.3. The number of hydrogen-bond acceptors (Lipinski definition) is 0. The number of aryl methyl sites for hydroxylation is 2. The fraction of sp³-hybridized carbons (Fsp3) is 0.391. The van der Waals surface area contributed by atoms with Crippen LogP contribution in [0.15, 0.2) is 60.2 Å². The van der Waals surface area contributed by atoms with Gasteiger partial charge in [-0.1, -0.05) is 85.2 Å². The Balaban J connectivity index is 2.23. The molecule has 120 valence electrons. The third-order valence-corrected chi connectivity index (χ3v) is 5.14. The molecule has 23 heavy (non-hydrogen) atoms. The maximum absolute atomic E-state index is 2.52. The molecule has 0 atom stereocenters. The van der Waals surface area contributed by atoms with Crippen molar-refractivity contribution in [2.75, 3.05) is 0 Å². The molecule has 0 aliphatic heterocycles. The highest BCUT2D eigenvalue weighted by Gasteiger charge is 2.41. The van der Waals surface area contributed by atoms with E-state index in [-0.39, 0.29) is 5.41 Å². The van der Waals surface area contributed by atoms with Gasteiger partial charge in [0, 0.05) is 5.41 Å². The lowest BCUT2D eigenvalue weighted by Crippen LogP contribution is -2.36. The van der Waals surface area contributed by atoms with Gasteiger partial charge in [-0.15, -0.1) is 0 Å². The first-order valence-electron chi connectivity index (χ1n) is 8.63. The van der Waals surface area contributed by atoms with E-state index >= 15 is 0 Å². The summed E-state index contributed by atoms with van der Waals surface area (Å²) < 4.78 is 0. The highest BCUT2D eigenvalue weighted by atomic mass is 14.4. The third-order valence-electron chi connectivity index (χ3n) is 5.14. The topological polar surface area (TPSA) is 0 Å². The van der Waals surface area contributed by atoms with Gasteiger partial charge in [0.25, 0.3) is 0 Å². The summed E-state index contributed by atoms with van der Waals surface area (Å²) in [4.78, 5) is 0. The van der Waals surface area contributed by atoms with Crippen molar-refractivity contribution >= 4 is 0 Å². The Bertz CT molecular complexity index is 666. The van der Waals surface area contributed by atoms with Gasteiger partial charge < -0.3 is 0 Å². The van der Waals surface area contributed by atoms with Gasteiger partial charge in [0.15, 0.2) is 0 Å². The van der Waals surface area contributed by atoms with Crippen LogP contribution < -0.4 is 0 Å². The van der Waals surface area contributed by atoms with Crippen LogP contribution >= 0.6 is 0 Å². The summed E-state index contributed by atoms with van der Waals surface area (Å²) in [7, 11) is 0. The molecule has 2 aromatic carbocycles. The van der Waals surface area contributed by atoms with E-state index in [0.29, 0.717) is 5.41 Å². The van der Waals surface area contributed by atoms with E-state index in [1.165, 1.54) is 34.2 Å². The summed E-state index contributed by atoms with van der Waals surface area (Å²) in [6.07, 6.45) is 4.86. The lowest BCUT2D eigenvalue weighted by atomic mass is 9.60. The monoisotopic (exact) mass is 304 g/mol. The lowest BCUT2D eigenvalue weighted by Gasteiger charge is -2.44. The Labute approximate surface area is 141 Å². The SMILES string of the molecule is CC1=CC(c2ccc(C)cc2)(c2ccc(C)cc2)CC(C)(C)C1. The van der Waals surface area contributed by atoms with Crippen LogP contribution in [-0.4, -0.2) is 0 Å². The quantitative estimate of drug-likeness (QED) is 0.567.